The van der Waals surface area contributed by atoms with Gasteiger partial charge in [-0.25, -0.2) is 8.42 Å². The van der Waals surface area contributed by atoms with Gasteiger partial charge in [-0.3, -0.25) is 4.79 Å². The summed E-state index contributed by atoms with van der Waals surface area (Å²) in [4.78, 5) is 12.1. The summed E-state index contributed by atoms with van der Waals surface area (Å²) in [6.45, 7) is 1.86. The Morgan fingerprint density at radius 3 is 2.30 bits per heavy atom. The van der Waals surface area contributed by atoms with E-state index in [1.54, 1.807) is 12.1 Å². The van der Waals surface area contributed by atoms with Crippen molar-refractivity contribution in [3.63, 3.8) is 0 Å². The molecule has 0 fully saturated rings. The quantitative estimate of drug-likeness (QED) is 0.786. The highest BCUT2D eigenvalue weighted by Crippen LogP contribution is 2.14. The van der Waals surface area contributed by atoms with Gasteiger partial charge in [0.25, 0.3) is 0 Å². The molecule has 0 unspecified atom stereocenters. The molecule has 2 aromatic rings. The Kier molecular flexibility index (Phi) is 5.92. The number of hydrogen-bond donors (Lipinski definition) is 2. The van der Waals surface area contributed by atoms with Gasteiger partial charge in [-0.05, 0) is 36.8 Å². The summed E-state index contributed by atoms with van der Waals surface area (Å²) in [6.07, 6.45) is 0. The molecule has 7 heteroatoms. The molecular formula is C16H17BrN2O3S. The smallest absolute Gasteiger partial charge is 0.241 e. The molecule has 2 aromatic carbocycles. The summed E-state index contributed by atoms with van der Waals surface area (Å²) < 4.78 is 27.6. The third-order valence-electron chi connectivity index (χ3n) is 3.16. The fourth-order valence-corrected chi connectivity index (χ4v) is 3.37. The largest absolute Gasteiger partial charge is 0.351 e. The van der Waals surface area contributed by atoms with Crippen LogP contribution in [0.3, 0.4) is 0 Å². The van der Waals surface area contributed by atoms with Crippen LogP contribution in [0.1, 0.15) is 12.5 Å². The summed E-state index contributed by atoms with van der Waals surface area (Å²) in [5.74, 6) is -0.380. The fourth-order valence-electron chi connectivity index (χ4n) is 1.91. The first-order valence-electron chi connectivity index (χ1n) is 6.98. The Balaban J connectivity index is 1.96. The van der Waals surface area contributed by atoms with Gasteiger partial charge in [0.05, 0.1) is 10.9 Å². The molecule has 122 valence electrons. The average Bonchev–Trinajstić information content (AvgIpc) is 2.53. The molecule has 0 saturated heterocycles. The van der Waals surface area contributed by atoms with Gasteiger partial charge in [0.15, 0.2) is 0 Å². The van der Waals surface area contributed by atoms with Gasteiger partial charge in [-0.2, -0.15) is 4.72 Å². The zero-order chi connectivity index (χ0) is 16.9. The van der Waals surface area contributed by atoms with Crippen LogP contribution in [-0.2, 0) is 21.4 Å². The van der Waals surface area contributed by atoms with Gasteiger partial charge in [0.1, 0.15) is 0 Å². The molecule has 5 nitrogen and oxygen atoms in total. The average molecular weight is 397 g/mol. The van der Waals surface area contributed by atoms with Gasteiger partial charge in [-0.15, -0.1) is 0 Å². The van der Waals surface area contributed by atoms with Gasteiger partial charge in [0.2, 0.25) is 15.9 Å². The Morgan fingerprint density at radius 2 is 1.70 bits per heavy atom. The molecule has 23 heavy (non-hydrogen) atoms. The van der Waals surface area contributed by atoms with E-state index in [9.17, 15) is 13.2 Å². The molecule has 1 atom stereocenters. The lowest BCUT2D eigenvalue weighted by atomic mass is 10.2. The Morgan fingerprint density at radius 1 is 1.09 bits per heavy atom. The van der Waals surface area contributed by atoms with Crippen molar-refractivity contribution in [1.29, 1.82) is 0 Å². The molecule has 0 heterocycles. The highest BCUT2D eigenvalue weighted by Gasteiger charge is 2.21. The van der Waals surface area contributed by atoms with E-state index in [2.05, 4.69) is 26.0 Å². The van der Waals surface area contributed by atoms with E-state index in [0.29, 0.717) is 6.54 Å². The number of hydrogen-bond acceptors (Lipinski definition) is 3. The van der Waals surface area contributed by atoms with Crippen LogP contribution in [0.2, 0.25) is 0 Å². The van der Waals surface area contributed by atoms with E-state index in [-0.39, 0.29) is 10.8 Å². The number of amides is 1. The van der Waals surface area contributed by atoms with E-state index in [1.165, 1.54) is 19.1 Å². The highest BCUT2D eigenvalue weighted by atomic mass is 79.9. The standard InChI is InChI=1S/C16H17BrN2O3S/c1-12(16(20)18-11-13-5-3-2-4-6-13)19-23(21,22)15-9-7-14(17)8-10-15/h2-10,12,19H,11H2,1H3,(H,18,20)/t12-/m1/s1. The van der Waals surface area contributed by atoms with Crippen molar-refractivity contribution in [3.05, 3.63) is 64.6 Å². The molecule has 0 spiro atoms. The van der Waals surface area contributed by atoms with E-state index in [1.807, 2.05) is 30.3 Å². The van der Waals surface area contributed by atoms with E-state index in [0.717, 1.165) is 10.0 Å². The van der Waals surface area contributed by atoms with Gasteiger partial charge < -0.3 is 5.32 Å². The van der Waals surface area contributed by atoms with Crippen LogP contribution in [0, 0.1) is 0 Å². The Hall–Kier alpha value is -1.70. The first-order valence-corrected chi connectivity index (χ1v) is 9.25. The minimum atomic E-state index is -3.74. The van der Waals surface area contributed by atoms with Crippen LogP contribution < -0.4 is 10.0 Å². The second-order valence-electron chi connectivity index (χ2n) is 5.00. The summed E-state index contributed by atoms with van der Waals surface area (Å²) in [5, 5.41) is 2.71. The minimum absolute atomic E-state index is 0.114. The predicted molar refractivity (Wildman–Crippen MR) is 92.2 cm³/mol. The third kappa shape index (κ3) is 5.16. The monoisotopic (exact) mass is 396 g/mol. The predicted octanol–water partition coefficient (Wildman–Crippen LogP) is 2.43. The zero-order valence-corrected chi connectivity index (χ0v) is 14.9. The van der Waals surface area contributed by atoms with Gasteiger partial charge in [0, 0.05) is 11.0 Å². The summed E-state index contributed by atoms with van der Waals surface area (Å²) >= 11 is 3.25. The molecule has 2 N–H and O–H groups in total. The van der Waals surface area contributed by atoms with Crippen molar-refractivity contribution in [3.8, 4) is 0 Å². The van der Waals surface area contributed by atoms with Crippen LogP contribution in [0.25, 0.3) is 0 Å². The SMILES string of the molecule is C[C@@H](NS(=O)(=O)c1ccc(Br)cc1)C(=O)NCc1ccccc1. The zero-order valence-electron chi connectivity index (χ0n) is 12.5. The molecule has 1 amide bonds. The van der Waals surface area contributed by atoms with Crippen molar-refractivity contribution in [2.75, 3.05) is 0 Å². The molecule has 0 radical (unpaired) electrons. The maximum Gasteiger partial charge on any atom is 0.241 e. The number of halogens is 1. The maximum atomic E-state index is 12.2. The number of nitrogens with one attached hydrogen (secondary N) is 2. The molecule has 0 aliphatic rings. The lowest BCUT2D eigenvalue weighted by molar-refractivity contribution is -0.122. The fraction of sp³-hybridized carbons (Fsp3) is 0.188. The van der Waals surface area contributed by atoms with Crippen LogP contribution in [0.5, 0.6) is 0 Å². The van der Waals surface area contributed by atoms with Gasteiger partial charge >= 0.3 is 0 Å². The minimum Gasteiger partial charge on any atom is -0.351 e. The van der Waals surface area contributed by atoms with Crippen LogP contribution in [0.15, 0.2) is 64.0 Å². The molecule has 0 aliphatic carbocycles. The molecular weight excluding hydrogens is 380 g/mol. The Bertz CT molecular complexity index is 762. The van der Waals surface area contributed by atoms with Crippen LogP contribution in [0.4, 0.5) is 0 Å². The number of carbonyl (C=O) groups is 1. The summed E-state index contributed by atoms with van der Waals surface area (Å²) in [6, 6.07) is 14.8. The molecule has 2 rings (SSSR count). The van der Waals surface area contributed by atoms with Crippen molar-refractivity contribution in [2.24, 2.45) is 0 Å². The van der Waals surface area contributed by atoms with Crippen LogP contribution in [-0.4, -0.2) is 20.4 Å². The summed E-state index contributed by atoms with van der Waals surface area (Å²) in [5.41, 5.74) is 0.948. The molecule has 0 aromatic heterocycles. The first kappa shape index (κ1) is 17.7. The van der Waals surface area contributed by atoms with Crippen molar-refractivity contribution >= 4 is 31.9 Å². The maximum absolute atomic E-state index is 12.2. The van der Waals surface area contributed by atoms with E-state index >= 15 is 0 Å². The number of benzene rings is 2. The van der Waals surface area contributed by atoms with Crippen molar-refractivity contribution in [1.82, 2.24) is 10.0 Å². The lowest BCUT2D eigenvalue weighted by Gasteiger charge is -2.14. The van der Waals surface area contributed by atoms with Crippen molar-refractivity contribution in [2.45, 2.75) is 24.4 Å². The summed E-state index contributed by atoms with van der Waals surface area (Å²) in [7, 11) is -3.74. The molecule has 0 bridgehead atoms. The van der Waals surface area contributed by atoms with Crippen LogP contribution >= 0.6 is 15.9 Å². The van der Waals surface area contributed by atoms with E-state index < -0.39 is 16.1 Å². The Labute approximate surface area is 144 Å². The van der Waals surface area contributed by atoms with Crippen molar-refractivity contribution < 1.29 is 13.2 Å². The third-order valence-corrected chi connectivity index (χ3v) is 5.24. The number of sulfonamides is 1. The molecule has 0 saturated carbocycles. The second kappa shape index (κ2) is 7.72. The van der Waals surface area contributed by atoms with Gasteiger partial charge in [-0.1, -0.05) is 46.3 Å². The van der Waals surface area contributed by atoms with E-state index in [4.69, 9.17) is 0 Å². The topological polar surface area (TPSA) is 75.3 Å². The second-order valence-corrected chi connectivity index (χ2v) is 7.63. The normalized spacial score (nSPS) is 12.6. The first-order chi connectivity index (χ1) is 10.9. The number of rotatable bonds is 6. The molecule has 0 aliphatic heterocycles. The lowest BCUT2D eigenvalue weighted by Crippen LogP contribution is -2.44. The number of carbonyl (C=O) groups excluding carboxylic acids is 1. The highest BCUT2D eigenvalue weighted by molar-refractivity contribution is 9.10.